The van der Waals surface area contributed by atoms with E-state index in [9.17, 15) is 14.9 Å². The van der Waals surface area contributed by atoms with Crippen LogP contribution in [0.3, 0.4) is 0 Å². The van der Waals surface area contributed by atoms with Gasteiger partial charge in [-0.2, -0.15) is 0 Å². The first-order valence-electron chi connectivity index (χ1n) is 6.28. The van der Waals surface area contributed by atoms with Crippen molar-refractivity contribution < 1.29 is 9.72 Å². The summed E-state index contributed by atoms with van der Waals surface area (Å²) in [5.41, 5.74) is 0.847. The van der Waals surface area contributed by atoms with Gasteiger partial charge in [0.15, 0.2) is 0 Å². The van der Waals surface area contributed by atoms with E-state index in [1.807, 2.05) is 6.92 Å². The molecule has 1 aromatic carbocycles. The summed E-state index contributed by atoms with van der Waals surface area (Å²) in [6, 6.07) is 4.73. The molecule has 0 spiro atoms. The first-order chi connectivity index (χ1) is 9.02. The smallest absolute Gasteiger partial charge is 0.273 e. The highest BCUT2D eigenvalue weighted by Gasteiger charge is 2.27. The molecule has 1 aliphatic heterocycles. The lowest BCUT2D eigenvalue weighted by atomic mass is 10.0. The SMILES string of the molecule is Cc1c(C(=O)N2CCNCC2C)cccc1[N+](=O)[O-]. The van der Waals surface area contributed by atoms with Crippen LogP contribution in [0.1, 0.15) is 22.8 Å². The average Bonchev–Trinajstić information content (AvgIpc) is 2.38. The summed E-state index contributed by atoms with van der Waals surface area (Å²) in [7, 11) is 0. The van der Waals surface area contributed by atoms with E-state index in [4.69, 9.17) is 0 Å². The maximum Gasteiger partial charge on any atom is 0.273 e. The number of rotatable bonds is 2. The third kappa shape index (κ3) is 2.58. The molecule has 1 unspecified atom stereocenters. The van der Waals surface area contributed by atoms with Gasteiger partial charge in [0.05, 0.1) is 4.92 Å². The maximum atomic E-state index is 12.5. The van der Waals surface area contributed by atoms with Crippen LogP contribution in [0.5, 0.6) is 0 Å². The van der Waals surface area contributed by atoms with Gasteiger partial charge in [0, 0.05) is 42.9 Å². The van der Waals surface area contributed by atoms with Crippen LogP contribution in [0.15, 0.2) is 18.2 Å². The second-order valence-electron chi connectivity index (χ2n) is 4.76. The van der Waals surface area contributed by atoms with Crippen LogP contribution in [-0.2, 0) is 0 Å². The topological polar surface area (TPSA) is 75.5 Å². The van der Waals surface area contributed by atoms with Crippen molar-refractivity contribution in [3.63, 3.8) is 0 Å². The minimum Gasteiger partial charge on any atom is -0.333 e. The van der Waals surface area contributed by atoms with Crippen LogP contribution in [-0.4, -0.2) is 41.4 Å². The third-order valence-electron chi connectivity index (χ3n) is 3.49. The van der Waals surface area contributed by atoms with Gasteiger partial charge in [-0.3, -0.25) is 14.9 Å². The number of amides is 1. The molecule has 1 aliphatic rings. The van der Waals surface area contributed by atoms with Crippen molar-refractivity contribution in [2.75, 3.05) is 19.6 Å². The molecule has 0 saturated carbocycles. The fourth-order valence-electron chi connectivity index (χ4n) is 2.35. The zero-order valence-corrected chi connectivity index (χ0v) is 11.0. The zero-order chi connectivity index (χ0) is 14.0. The number of carbonyl (C=O) groups is 1. The Labute approximate surface area is 111 Å². The molecule has 0 radical (unpaired) electrons. The minimum absolute atomic E-state index is 0.00589. The Morgan fingerprint density at radius 2 is 2.26 bits per heavy atom. The van der Waals surface area contributed by atoms with E-state index in [1.165, 1.54) is 6.07 Å². The molecule has 1 atom stereocenters. The molecule has 1 N–H and O–H groups in total. The molecule has 102 valence electrons. The molecular weight excluding hydrogens is 246 g/mol. The molecule has 19 heavy (non-hydrogen) atoms. The van der Waals surface area contributed by atoms with E-state index in [0.29, 0.717) is 17.7 Å². The molecular formula is C13H17N3O3. The number of hydrogen-bond acceptors (Lipinski definition) is 4. The third-order valence-corrected chi connectivity index (χ3v) is 3.49. The van der Waals surface area contributed by atoms with Gasteiger partial charge in [0.1, 0.15) is 0 Å². The normalized spacial score (nSPS) is 19.3. The molecule has 1 amide bonds. The number of piperazine rings is 1. The highest BCUT2D eigenvalue weighted by atomic mass is 16.6. The summed E-state index contributed by atoms with van der Waals surface area (Å²) in [4.78, 5) is 24.7. The van der Waals surface area contributed by atoms with E-state index >= 15 is 0 Å². The van der Waals surface area contributed by atoms with Crippen molar-refractivity contribution in [1.82, 2.24) is 10.2 Å². The van der Waals surface area contributed by atoms with Crippen molar-refractivity contribution in [1.29, 1.82) is 0 Å². The van der Waals surface area contributed by atoms with Crippen molar-refractivity contribution in [3.8, 4) is 0 Å². The molecule has 0 aromatic heterocycles. The van der Waals surface area contributed by atoms with E-state index in [2.05, 4.69) is 5.32 Å². The molecule has 1 saturated heterocycles. The van der Waals surface area contributed by atoms with Gasteiger partial charge in [-0.05, 0) is 19.9 Å². The van der Waals surface area contributed by atoms with E-state index < -0.39 is 4.92 Å². The second-order valence-corrected chi connectivity index (χ2v) is 4.76. The standard InChI is InChI=1S/C13H17N3O3/c1-9-8-14-6-7-15(9)13(17)11-4-3-5-12(10(11)2)16(18)19/h3-5,9,14H,6-8H2,1-2H3. The fraction of sp³-hybridized carbons (Fsp3) is 0.462. The highest BCUT2D eigenvalue weighted by Crippen LogP contribution is 2.23. The molecule has 1 aromatic rings. The number of hydrogen-bond donors (Lipinski definition) is 1. The second kappa shape index (κ2) is 5.36. The Kier molecular flexibility index (Phi) is 3.80. The summed E-state index contributed by atoms with van der Waals surface area (Å²) >= 11 is 0. The Morgan fingerprint density at radius 3 is 2.89 bits per heavy atom. The van der Waals surface area contributed by atoms with Crippen LogP contribution in [0.25, 0.3) is 0 Å². The van der Waals surface area contributed by atoms with Gasteiger partial charge in [-0.15, -0.1) is 0 Å². The van der Waals surface area contributed by atoms with E-state index in [0.717, 1.165) is 13.1 Å². The van der Waals surface area contributed by atoms with Gasteiger partial charge >= 0.3 is 0 Å². The van der Waals surface area contributed by atoms with Crippen molar-refractivity contribution >= 4 is 11.6 Å². The van der Waals surface area contributed by atoms with Gasteiger partial charge in [0.25, 0.3) is 11.6 Å². The van der Waals surface area contributed by atoms with Gasteiger partial charge in [-0.1, -0.05) is 6.07 Å². The van der Waals surface area contributed by atoms with E-state index in [-0.39, 0.29) is 17.6 Å². The lowest BCUT2D eigenvalue weighted by Crippen LogP contribution is -2.52. The molecule has 6 heteroatoms. The fourth-order valence-corrected chi connectivity index (χ4v) is 2.35. The largest absolute Gasteiger partial charge is 0.333 e. The predicted octanol–water partition coefficient (Wildman–Crippen LogP) is 1.34. The van der Waals surface area contributed by atoms with E-state index in [1.54, 1.807) is 24.0 Å². The number of nitro groups is 1. The zero-order valence-electron chi connectivity index (χ0n) is 11.0. The summed E-state index contributed by atoms with van der Waals surface area (Å²) in [5.74, 6) is -0.129. The summed E-state index contributed by atoms with van der Waals surface area (Å²) in [5, 5.41) is 14.1. The van der Waals surface area contributed by atoms with Crippen molar-refractivity contribution in [2.45, 2.75) is 19.9 Å². The number of benzene rings is 1. The molecule has 6 nitrogen and oxygen atoms in total. The Morgan fingerprint density at radius 1 is 1.53 bits per heavy atom. The number of nitrogens with zero attached hydrogens (tertiary/aromatic N) is 2. The molecule has 0 bridgehead atoms. The van der Waals surface area contributed by atoms with Crippen LogP contribution >= 0.6 is 0 Å². The summed E-state index contributed by atoms with van der Waals surface area (Å²) in [6.07, 6.45) is 0. The van der Waals surface area contributed by atoms with Crippen LogP contribution in [0.4, 0.5) is 5.69 Å². The van der Waals surface area contributed by atoms with Crippen molar-refractivity contribution in [3.05, 3.63) is 39.4 Å². The molecule has 0 aliphatic carbocycles. The van der Waals surface area contributed by atoms with Gasteiger partial charge in [0.2, 0.25) is 0 Å². The minimum atomic E-state index is -0.451. The number of nitro benzene ring substituents is 1. The quantitative estimate of drug-likeness (QED) is 0.645. The lowest BCUT2D eigenvalue weighted by Gasteiger charge is -2.34. The van der Waals surface area contributed by atoms with Crippen LogP contribution in [0.2, 0.25) is 0 Å². The Balaban J connectivity index is 2.33. The van der Waals surface area contributed by atoms with Crippen LogP contribution in [0, 0.1) is 17.0 Å². The number of nitrogens with one attached hydrogen (secondary N) is 1. The molecule has 1 heterocycles. The first kappa shape index (κ1) is 13.5. The van der Waals surface area contributed by atoms with Gasteiger partial charge < -0.3 is 10.2 Å². The number of carbonyl (C=O) groups excluding carboxylic acids is 1. The monoisotopic (exact) mass is 263 g/mol. The highest BCUT2D eigenvalue weighted by molar-refractivity contribution is 5.96. The predicted molar refractivity (Wildman–Crippen MR) is 71.2 cm³/mol. The first-order valence-corrected chi connectivity index (χ1v) is 6.28. The van der Waals surface area contributed by atoms with Crippen molar-refractivity contribution in [2.24, 2.45) is 0 Å². The van der Waals surface area contributed by atoms with Crippen LogP contribution < -0.4 is 5.32 Å². The lowest BCUT2D eigenvalue weighted by molar-refractivity contribution is -0.385. The van der Waals surface area contributed by atoms with Gasteiger partial charge in [-0.25, -0.2) is 0 Å². The Bertz CT molecular complexity index is 516. The Hall–Kier alpha value is -1.95. The summed E-state index contributed by atoms with van der Waals surface area (Å²) in [6.45, 7) is 5.72. The summed E-state index contributed by atoms with van der Waals surface area (Å²) < 4.78 is 0. The average molecular weight is 263 g/mol. The molecule has 1 fully saturated rings. The molecule has 2 rings (SSSR count). The maximum absolute atomic E-state index is 12.5.